The largest absolute Gasteiger partial charge is 0.496 e. The average Bonchev–Trinajstić information content (AvgIpc) is 2.86. The molecule has 1 unspecified atom stereocenters. The van der Waals surface area contributed by atoms with Crippen molar-refractivity contribution < 1.29 is 19.1 Å². The number of hydrogen-bond donors (Lipinski definition) is 0. The highest BCUT2D eigenvalue weighted by molar-refractivity contribution is 6.30. The summed E-state index contributed by atoms with van der Waals surface area (Å²) < 4.78 is 5.37. The van der Waals surface area contributed by atoms with Crippen molar-refractivity contribution in [2.75, 3.05) is 13.7 Å². The molecule has 0 saturated carbocycles. The van der Waals surface area contributed by atoms with Gasteiger partial charge in [0.15, 0.2) is 5.78 Å². The van der Waals surface area contributed by atoms with E-state index in [0.29, 0.717) is 30.0 Å². The van der Waals surface area contributed by atoms with Crippen molar-refractivity contribution in [1.82, 2.24) is 4.90 Å². The van der Waals surface area contributed by atoms with Gasteiger partial charge in [0.25, 0.3) is 0 Å². The molecular formula is C23H24ClNO4. The lowest BCUT2D eigenvalue weighted by molar-refractivity contribution is -0.148. The maximum absolute atomic E-state index is 13.1. The summed E-state index contributed by atoms with van der Waals surface area (Å²) in [6.45, 7) is -0.143. The number of benzene rings is 2. The van der Waals surface area contributed by atoms with E-state index in [9.17, 15) is 14.4 Å². The Kier molecular flexibility index (Phi) is 7.04. The molecule has 1 aliphatic heterocycles. The molecule has 0 aromatic heterocycles. The van der Waals surface area contributed by atoms with Crippen LogP contribution in [0.15, 0.2) is 48.5 Å². The number of carbonyl (C=O) groups is 3. The number of halogens is 1. The Bertz CT molecular complexity index is 897. The van der Waals surface area contributed by atoms with Crippen molar-refractivity contribution in [3.63, 3.8) is 0 Å². The smallest absolute Gasteiger partial charge is 0.233 e. The van der Waals surface area contributed by atoms with Gasteiger partial charge in [0.05, 0.1) is 13.7 Å². The van der Waals surface area contributed by atoms with Crippen molar-refractivity contribution in [1.29, 1.82) is 0 Å². The molecule has 0 aliphatic carbocycles. The van der Waals surface area contributed by atoms with Gasteiger partial charge >= 0.3 is 0 Å². The summed E-state index contributed by atoms with van der Waals surface area (Å²) in [6, 6.07) is 14.9. The van der Waals surface area contributed by atoms with Crippen LogP contribution in [-0.4, -0.2) is 36.2 Å². The Balaban J connectivity index is 1.74. The fraction of sp³-hybridized carbons (Fsp3) is 0.348. The summed E-state index contributed by atoms with van der Waals surface area (Å²) in [4.78, 5) is 39.2. The second-order valence-electron chi connectivity index (χ2n) is 7.24. The predicted molar refractivity (Wildman–Crippen MR) is 111 cm³/mol. The molecule has 0 bridgehead atoms. The van der Waals surface area contributed by atoms with Crippen LogP contribution < -0.4 is 4.74 Å². The number of aryl methyl sites for hydroxylation is 1. The second kappa shape index (κ2) is 9.70. The molecule has 152 valence electrons. The Morgan fingerprint density at radius 2 is 1.93 bits per heavy atom. The Hall–Kier alpha value is -2.66. The third kappa shape index (κ3) is 5.45. The number of ketones is 1. The van der Waals surface area contributed by atoms with Crippen LogP contribution >= 0.6 is 11.6 Å². The molecule has 0 N–H and O–H groups in total. The minimum atomic E-state index is -0.463. The molecule has 1 aliphatic rings. The summed E-state index contributed by atoms with van der Waals surface area (Å²) in [5.41, 5.74) is 1.82. The van der Waals surface area contributed by atoms with E-state index in [0.717, 1.165) is 16.0 Å². The number of amides is 2. The van der Waals surface area contributed by atoms with E-state index in [-0.39, 0.29) is 37.0 Å². The van der Waals surface area contributed by atoms with Crippen molar-refractivity contribution >= 4 is 29.2 Å². The lowest BCUT2D eigenvalue weighted by Crippen LogP contribution is -2.42. The number of nitrogens with zero attached hydrogens (tertiary/aromatic N) is 1. The zero-order valence-corrected chi connectivity index (χ0v) is 17.2. The summed E-state index contributed by atoms with van der Waals surface area (Å²) >= 11 is 6.10. The summed E-state index contributed by atoms with van der Waals surface area (Å²) in [6.07, 6.45) is 1.79. The second-order valence-corrected chi connectivity index (χ2v) is 7.67. The van der Waals surface area contributed by atoms with Crippen LogP contribution in [0.4, 0.5) is 0 Å². The molecular weight excluding hydrogens is 390 g/mol. The van der Waals surface area contributed by atoms with Crippen molar-refractivity contribution in [2.45, 2.75) is 32.1 Å². The fourth-order valence-corrected chi connectivity index (χ4v) is 3.81. The third-order valence-electron chi connectivity index (χ3n) is 5.20. The number of hydrogen-bond acceptors (Lipinski definition) is 4. The molecule has 2 amide bonds. The maximum atomic E-state index is 13.1. The van der Waals surface area contributed by atoms with Crippen LogP contribution in [0.3, 0.4) is 0 Å². The molecule has 1 atom stereocenters. The monoisotopic (exact) mass is 413 g/mol. The summed E-state index contributed by atoms with van der Waals surface area (Å²) in [7, 11) is 1.56. The SMILES string of the molecule is COc1ccc(Cl)cc1CC1CCC(=O)CN(C(=O)CCc2ccccc2)C1=O. The average molecular weight is 414 g/mol. The lowest BCUT2D eigenvalue weighted by atomic mass is 9.93. The van der Waals surface area contributed by atoms with Crippen LogP contribution in [0.5, 0.6) is 5.75 Å². The molecule has 29 heavy (non-hydrogen) atoms. The van der Waals surface area contributed by atoms with Crippen LogP contribution in [0.25, 0.3) is 0 Å². The van der Waals surface area contributed by atoms with Gasteiger partial charge in [-0.25, -0.2) is 0 Å². The number of Topliss-reactive ketones (excluding diaryl/α,β-unsaturated/α-hetero) is 1. The molecule has 0 spiro atoms. The van der Waals surface area contributed by atoms with Gasteiger partial charge in [-0.1, -0.05) is 41.9 Å². The first-order valence-corrected chi connectivity index (χ1v) is 10.1. The van der Waals surface area contributed by atoms with Crippen molar-refractivity contribution in [3.8, 4) is 5.75 Å². The van der Waals surface area contributed by atoms with E-state index < -0.39 is 5.92 Å². The minimum absolute atomic E-state index is 0.0908. The number of ether oxygens (including phenoxy) is 1. The van der Waals surface area contributed by atoms with E-state index in [2.05, 4.69) is 0 Å². The van der Waals surface area contributed by atoms with Gasteiger partial charge in [-0.3, -0.25) is 19.3 Å². The Labute approximate surface area is 175 Å². The summed E-state index contributed by atoms with van der Waals surface area (Å²) in [5.74, 6) is -0.519. The minimum Gasteiger partial charge on any atom is -0.496 e. The number of carbonyl (C=O) groups excluding carboxylic acids is 3. The highest BCUT2D eigenvalue weighted by atomic mass is 35.5. The fourth-order valence-electron chi connectivity index (χ4n) is 3.62. The molecule has 1 saturated heterocycles. The van der Waals surface area contributed by atoms with Gasteiger partial charge in [-0.2, -0.15) is 0 Å². The molecule has 0 radical (unpaired) electrons. The zero-order valence-electron chi connectivity index (χ0n) is 16.4. The van der Waals surface area contributed by atoms with E-state index in [1.54, 1.807) is 25.3 Å². The predicted octanol–water partition coefficient (Wildman–Crippen LogP) is 3.86. The topological polar surface area (TPSA) is 63.7 Å². The van der Waals surface area contributed by atoms with E-state index in [4.69, 9.17) is 16.3 Å². The van der Waals surface area contributed by atoms with Crippen LogP contribution in [0.2, 0.25) is 5.02 Å². The highest BCUT2D eigenvalue weighted by Crippen LogP contribution is 2.29. The number of likely N-dealkylation sites (tertiary alicyclic amines) is 1. The lowest BCUT2D eigenvalue weighted by Gasteiger charge is -2.23. The Morgan fingerprint density at radius 3 is 2.66 bits per heavy atom. The van der Waals surface area contributed by atoms with Crippen molar-refractivity contribution in [2.24, 2.45) is 5.92 Å². The van der Waals surface area contributed by atoms with Crippen LogP contribution in [-0.2, 0) is 27.2 Å². The highest BCUT2D eigenvalue weighted by Gasteiger charge is 2.34. The molecule has 3 rings (SSSR count). The normalized spacial score (nSPS) is 17.2. The summed E-state index contributed by atoms with van der Waals surface area (Å²) in [5, 5.41) is 0.550. The van der Waals surface area contributed by atoms with Gasteiger partial charge in [0, 0.05) is 23.8 Å². The first-order chi connectivity index (χ1) is 14.0. The van der Waals surface area contributed by atoms with Gasteiger partial charge in [-0.15, -0.1) is 0 Å². The molecule has 5 nitrogen and oxygen atoms in total. The van der Waals surface area contributed by atoms with E-state index in [1.165, 1.54) is 0 Å². The van der Waals surface area contributed by atoms with Gasteiger partial charge < -0.3 is 4.74 Å². The van der Waals surface area contributed by atoms with Crippen LogP contribution in [0, 0.1) is 5.92 Å². The van der Waals surface area contributed by atoms with Gasteiger partial charge in [-0.05, 0) is 48.6 Å². The standard InChI is InChI=1S/C23H24ClNO4/c1-29-21-11-9-19(24)14-18(21)13-17-8-10-20(26)15-25(23(17)28)22(27)12-7-16-5-3-2-4-6-16/h2-6,9,11,14,17H,7-8,10,12-13,15H2,1H3. The zero-order chi connectivity index (χ0) is 20.8. The third-order valence-corrected chi connectivity index (χ3v) is 5.44. The molecule has 2 aromatic carbocycles. The quantitative estimate of drug-likeness (QED) is 0.721. The molecule has 1 fully saturated rings. The van der Waals surface area contributed by atoms with E-state index in [1.807, 2.05) is 30.3 Å². The number of rotatable bonds is 6. The number of methoxy groups -OCH3 is 1. The van der Waals surface area contributed by atoms with Crippen molar-refractivity contribution in [3.05, 3.63) is 64.7 Å². The molecule has 2 aromatic rings. The van der Waals surface area contributed by atoms with Crippen LogP contribution in [0.1, 0.15) is 30.4 Å². The maximum Gasteiger partial charge on any atom is 0.233 e. The van der Waals surface area contributed by atoms with E-state index >= 15 is 0 Å². The first-order valence-electron chi connectivity index (χ1n) is 9.70. The molecule has 1 heterocycles. The Morgan fingerprint density at radius 1 is 1.17 bits per heavy atom. The molecule has 6 heteroatoms. The van der Waals surface area contributed by atoms with Gasteiger partial charge in [0.1, 0.15) is 5.75 Å². The first kappa shape index (κ1) is 21.1. The number of imide groups is 1. The van der Waals surface area contributed by atoms with Gasteiger partial charge in [0.2, 0.25) is 11.8 Å².